The fourth-order valence-electron chi connectivity index (χ4n) is 5.38. The van der Waals surface area contributed by atoms with Crippen molar-refractivity contribution >= 4 is 31.7 Å². The van der Waals surface area contributed by atoms with Gasteiger partial charge in [-0.1, -0.05) is 32.6 Å². The third-order valence-corrected chi connectivity index (χ3v) is 8.64. The summed E-state index contributed by atoms with van der Waals surface area (Å²) in [5, 5.41) is 17.0. The van der Waals surface area contributed by atoms with Crippen LogP contribution in [0.25, 0.3) is 17.2 Å². The molecule has 7 nitrogen and oxygen atoms in total. The van der Waals surface area contributed by atoms with Gasteiger partial charge in [-0.2, -0.15) is 0 Å². The summed E-state index contributed by atoms with van der Waals surface area (Å²) in [6.07, 6.45) is 9.14. The van der Waals surface area contributed by atoms with Crippen LogP contribution in [0.3, 0.4) is 0 Å². The number of carbonyl (C=O) groups is 1. The van der Waals surface area contributed by atoms with Gasteiger partial charge >= 0.3 is 0 Å². The zero-order valence-electron chi connectivity index (χ0n) is 24.1. The number of amides is 1. The summed E-state index contributed by atoms with van der Waals surface area (Å²) < 4.78 is 27.4. The van der Waals surface area contributed by atoms with Crippen molar-refractivity contribution in [2.45, 2.75) is 19.5 Å². The summed E-state index contributed by atoms with van der Waals surface area (Å²) in [5.74, 6) is 2.08. The van der Waals surface area contributed by atoms with Gasteiger partial charge in [0.25, 0.3) is 0 Å². The van der Waals surface area contributed by atoms with E-state index in [1.807, 2.05) is 42.9 Å². The highest BCUT2D eigenvalue weighted by Crippen LogP contribution is 2.45. The fourth-order valence-corrected chi connectivity index (χ4v) is 6.21. The number of halogens is 1. The number of carbonyl (C=O) groups excluding carboxylic acids is 1. The Morgan fingerprint density at radius 3 is 2.55 bits per heavy atom. The molecule has 1 aromatic heterocycles. The molecule has 2 heterocycles. The van der Waals surface area contributed by atoms with E-state index in [9.17, 15) is 14.3 Å². The molecule has 1 aliphatic carbocycles. The molecule has 0 bridgehead atoms. The second kappa shape index (κ2) is 12.8. The van der Waals surface area contributed by atoms with Gasteiger partial charge in [0, 0.05) is 25.5 Å². The van der Waals surface area contributed by atoms with Crippen LogP contribution in [-0.2, 0) is 18.4 Å². The Morgan fingerprint density at radius 2 is 1.90 bits per heavy atom. The van der Waals surface area contributed by atoms with Crippen LogP contribution >= 0.6 is 8.58 Å². The second-order valence-corrected chi connectivity index (χ2v) is 11.3. The predicted molar refractivity (Wildman–Crippen MR) is 168 cm³/mol. The number of nitrogens with one attached hydrogen (secondary N) is 2. The number of aromatic nitrogens is 1. The molecule has 3 N–H and O–H groups in total. The number of phenols is 1. The maximum Gasteiger partial charge on any atom is 0.242 e. The van der Waals surface area contributed by atoms with Crippen LogP contribution in [0, 0.1) is 5.82 Å². The van der Waals surface area contributed by atoms with Crippen molar-refractivity contribution in [1.29, 1.82) is 0 Å². The van der Waals surface area contributed by atoms with Gasteiger partial charge in [0.05, 0.1) is 20.8 Å². The number of fused-ring (bicyclic) bond motifs is 1. The van der Waals surface area contributed by atoms with E-state index in [4.69, 9.17) is 9.47 Å². The first-order chi connectivity index (χ1) is 20.3. The minimum atomic E-state index is -0.736. The van der Waals surface area contributed by atoms with E-state index in [-0.39, 0.29) is 29.0 Å². The van der Waals surface area contributed by atoms with Gasteiger partial charge in [-0.3, -0.25) is 10.1 Å². The number of benzene rings is 2. The lowest BCUT2D eigenvalue weighted by Gasteiger charge is -2.22. The van der Waals surface area contributed by atoms with E-state index >= 15 is 0 Å². The van der Waals surface area contributed by atoms with Gasteiger partial charge in [-0.15, -0.1) is 0 Å². The predicted octanol–water partition coefficient (Wildman–Crippen LogP) is 5.62. The van der Waals surface area contributed by atoms with E-state index in [0.717, 1.165) is 45.3 Å². The van der Waals surface area contributed by atoms with Crippen LogP contribution in [0.2, 0.25) is 0 Å². The van der Waals surface area contributed by atoms with E-state index in [0.29, 0.717) is 27.2 Å². The minimum Gasteiger partial charge on any atom is -0.502 e. The molecule has 9 heteroatoms. The third kappa shape index (κ3) is 6.06. The average Bonchev–Trinajstić information content (AvgIpc) is 3.52. The summed E-state index contributed by atoms with van der Waals surface area (Å²) in [5.41, 5.74) is 6.71. The van der Waals surface area contributed by atoms with Gasteiger partial charge in [-0.25, -0.2) is 4.39 Å². The Hall–Kier alpha value is -4.13. The SMILES string of the molecule is COc1cc(/C=C2/C(C)=C(C(NCC3=CPCC=C3)C(=O)NCc3cccn3C)c3cc(F)ccc32)cc(OC)c1O. The first-order valence-electron chi connectivity index (χ1n) is 13.7. The molecule has 5 rings (SSSR count). The molecule has 2 atom stereocenters. The summed E-state index contributed by atoms with van der Waals surface area (Å²) in [4.78, 5) is 13.9. The molecule has 1 amide bonds. The van der Waals surface area contributed by atoms with Crippen LogP contribution in [0.5, 0.6) is 17.2 Å². The number of aromatic hydroxyl groups is 1. The van der Waals surface area contributed by atoms with E-state index in [1.54, 1.807) is 18.2 Å². The molecule has 0 fully saturated rings. The number of ether oxygens (including phenoxy) is 2. The Morgan fingerprint density at radius 1 is 1.14 bits per heavy atom. The highest BCUT2D eigenvalue weighted by atomic mass is 31.1. The van der Waals surface area contributed by atoms with Crippen molar-refractivity contribution in [3.8, 4) is 17.2 Å². The van der Waals surface area contributed by atoms with Gasteiger partial charge in [-0.05, 0) is 94.5 Å². The minimum absolute atomic E-state index is 0.0881. The summed E-state index contributed by atoms with van der Waals surface area (Å²) in [6, 6.07) is 11.3. The first-order valence-corrected chi connectivity index (χ1v) is 15.0. The zero-order chi connectivity index (χ0) is 29.8. The normalized spacial score (nSPS) is 16.5. The number of phenolic OH excluding ortho intramolecular Hbond substituents is 1. The third-order valence-electron chi connectivity index (χ3n) is 7.59. The summed E-state index contributed by atoms with van der Waals surface area (Å²) in [7, 11) is 5.60. The zero-order valence-corrected chi connectivity index (χ0v) is 25.1. The van der Waals surface area contributed by atoms with Gasteiger partial charge in [0.1, 0.15) is 11.9 Å². The van der Waals surface area contributed by atoms with Crippen LogP contribution in [0.1, 0.15) is 29.3 Å². The van der Waals surface area contributed by atoms with E-state index in [1.165, 1.54) is 26.4 Å². The molecule has 0 saturated heterocycles. The Labute approximate surface area is 247 Å². The van der Waals surface area contributed by atoms with E-state index < -0.39 is 6.04 Å². The molecule has 218 valence electrons. The van der Waals surface area contributed by atoms with Gasteiger partial charge < -0.3 is 24.5 Å². The lowest BCUT2D eigenvalue weighted by molar-refractivity contribution is -0.121. The maximum atomic E-state index is 14.7. The lowest BCUT2D eigenvalue weighted by Crippen LogP contribution is -2.45. The van der Waals surface area contributed by atoms with Crippen LogP contribution in [-0.4, -0.2) is 48.5 Å². The maximum absolute atomic E-state index is 14.7. The first kappa shape index (κ1) is 29.4. The Kier molecular flexibility index (Phi) is 8.95. The van der Waals surface area contributed by atoms with Crippen molar-refractivity contribution in [3.63, 3.8) is 0 Å². The number of nitrogens with zero attached hydrogens (tertiary/aromatic N) is 1. The number of aryl methyl sites for hydroxylation is 1. The highest BCUT2D eigenvalue weighted by molar-refractivity contribution is 7.42. The van der Waals surface area contributed by atoms with Crippen LogP contribution in [0.15, 0.2) is 77.8 Å². The Balaban J connectivity index is 1.58. The molecule has 1 aliphatic heterocycles. The highest BCUT2D eigenvalue weighted by Gasteiger charge is 2.33. The Bertz CT molecular complexity index is 1610. The summed E-state index contributed by atoms with van der Waals surface area (Å²) >= 11 is 0. The standard InChI is InChI=1S/C33H35FN3O4P/c1-20-26(13-22-14-28(40-3)32(38)29(15-22)41-4)25-10-9-23(34)16-27(25)30(20)31(35-17-21-7-6-12-42-19-21)33(39)36-18-24-8-5-11-37(24)2/h5-11,13-16,19,31,35,38,42H,12,17-18H2,1-4H3,(H,36,39)/b26-13-. The summed E-state index contributed by atoms with van der Waals surface area (Å²) in [6.45, 7) is 2.81. The number of allylic oxidation sites excluding steroid dienone is 3. The van der Waals surface area contributed by atoms with Crippen molar-refractivity contribution in [3.05, 3.63) is 106 Å². The molecule has 0 saturated carbocycles. The van der Waals surface area contributed by atoms with Crippen LogP contribution in [0.4, 0.5) is 4.39 Å². The van der Waals surface area contributed by atoms with Gasteiger partial charge in [0.15, 0.2) is 11.5 Å². The number of hydrogen-bond acceptors (Lipinski definition) is 5. The quantitative estimate of drug-likeness (QED) is 0.268. The molecule has 3 aromatic rings. The second-order valence-electron chi connectivity index (χ2n) is 10.2. The number of rotatable bonds is 10. The molecule has 42 heavy (non-hydrogen) atoms. The monoisotopic (exact) mass is 587 g/mol. The largest absolute Gasteiger partial charge is 0.502 e. The molecule has 2 aromatic carbocycles. The van der Waals surface area contributed by atoms with Gasteiger partial charge in [0.2, 0.25) is 11.7 Å². The number of hydrogen-bond donors (Lipinski definition) is 3. The molecular formula is C33H35FN3O4P. The molecule has 0 radical (unpaired) electrons. The van der Waals surface area contributed by atoms with Crippen LogP contribution < -0.4 is 20.1 Å². The fraction of sp³-hybridized carbons (Fsp3) is 0.242. The molecule has 2 aliphatic rings. The lowest BCUT2D eigenvalue weighted by atomic mass is 9.97. The molecule has 2 unspecified atom stereocenters. The van der Waals surface area contributed by atoms with Crippen molar-refractivity contribution < 1.29 is 23.8 Å². The van der Waals surface area contributed by atoms with Crippen molar-refractivity contribution in [2.24, 2.45) is 7.05 Å². The molecule has 0 spiro atoms. The molecular weight excluding hydrogens is 552 g/mol. The van der Waals surface area contributed by atoms with E-state index in [2.05, 4.69) is 28.6 Å². The smallest absolute Gasteiger partial charge is 0.242 e. The average molecular weight is 588 g/mol. The topological polar surface area (TPSA) is 84.8 Å². The van der Waals surface area contributed by atoms with Crippen molar-refractivity contribution in [1.82, 2.24) is 15.2 Å². The van der Waals surface area contributed by atoms with Crippen molar-refractivity contribution in [2.75, 3.05) is 26.9 Å². The number of methoxy groups -OCH3 is 2.